The predicted octanol–water partition coefficient (Wildman–Crippen LogP) is 7.47. The average molecular weight is 401 g/mol. The van der Waals surface area contributed by atoms with Gasteiger partial charge in [0.2, 0.25) is 0 Å². The van der Waals surface area contributed by atoms with Gasteiger partial charge in [0.15, 0.2) is 0 Å². The van der Waals surface area contributed by atoms with Gasteiger partial charge in [-0.1, -0.05) is 41.5 Å². The minimum atomic E-state index is -0.0231. The molecule has 5 fully saturated rings. The third kappa shape index (κ3) is 2.61. The van der Waals surface area contributed by atoms with Gasteiger partial charge in [-0.3, -0.25) is 0 Å². The maximum absolute atomic E-state index is 10.4. The quantitative estimate of drug-likeness (QED) is 0.484. The summed E-state index contributed by atoms with van der Waals surface area (Å²) in [5.74, 6) is 5.38. The highest BCUT2D eigenvalue weighted by Gasteiger charge is 2.68. The number of hydrogen-bond acceptors (Lipinski definition) is 1. The van der Waals surface area contributed by atoms with Crippen molar-refractivity contribution in [2.75, 3.05) is 0 Å². The van der Waals surface area contributed by atoms with Gasteiger partial charge in [0.05, 0.1) is 6.10 Å². The molecule has 5 rings (SSSR count). The second kappa shape index (κ2) is 6.49. The van der Waals surface area contributed by atoms with Gasteiger partial charge in [0.25, 0.3) is 0 Å². The zero-order valence-corrected chi connectivity index (χ0v) is 20.3. The second-order valence-electron chi connectivity index (χ2n) is 13.9. The highest BCUT2D eigenvalue weighted by Crippen LogP contribution is 2.76. The van der Waals surface area contributed by atoms with E-state index < -0.39 is 0 Å². The lowest BCUT2D eigenvalue weighted by Crippen LogP contribution is -2.64. The van der Waals surface area contributed by atoms with E-state index >= 15 is 0 Å². The molecule has 0 aliphatic heterocycles. The molecular weight excluding hydrogens is 352 g/mol. The van der Waals surface area contributed by atoms with Crippen LogP contribution in [0, 0.1) is 57.2 Å². The number of fused-ring (bicyclic) bond motifs is 7. The van der Waals surface area contributed by atoms with Crippen molar-refractivity contribution in [1.82, 2.24) is 0 Å². The standard InChI is InChI=1S/C28H48O/c1-18(2)21-11-12-25(3)15-16-27(5)22(24(21)25)7-8-23-26(4)13-10-20(29)17-19(26)9-14-28(23,27)6/h18-24,29H,7-17H2,1-6H3/t19-,20-,21-,22+,23+,24+,25+,26-,27+,28+/m0/s1. The van der Waals surface area contributed by atoms with Gasteiger partial charge < -0.3 is 5.11 Å². The molecule has 1 nitrogen and oxygen atoms in total. The molecule has 5 aliphatic rings. The van der Waals surface area contributed by atoms with E-state index in [2.05, 4.69) is 41.5 Å². The van der Waals surface area contributed by atoms with Crippen molar-refractivity contribution in [1.29, 1.82) is 0 Å². The zero-order valence-electron chi connectivity index (χ0n) is 20.3. The molecule has 10 atom stereocenters. The van der Waals surface area contributed by atoms with Crippen LogP contribution in [0.15, 0.2) is 0 Å². The van der Waals surface area contributed by atoms with E-state index in [1.807, 2.05) is 0 Å². The fourth-order valence-corrected chi connectivity index (χ4v) is 10.9. The van der Waals surface area contributed by atoms with Crippen molar-refractivity contribution in [2.24, 2.45) is 57.2 Å². The summed E-state index contributed by atoms with van der Waals surface area (Å²) in [6, 6.07) is 0. The highest BCUT2D eigenvalue weighted by atomic mass is 16.3. The molecule has 1 N–H and O–H groups in total. The molecule has 0 aromatic carbocycles. The van der Waals surface area contributed by atoms with Crippen LogP contribution in [0.1, 0.15) is 112 Å². The molecule has 0 radical (unpaired) electrons. The lowest BCUT2D eigenvalue weighted by molar-refractivity contribution is -0.228. The molecule has 5 aliphatic carbocycles. The summed E-state index contributed by atoms with van der Waals surface area (Å²) >= 11 is 0. The fourth-order valence-electron chi connectivity index (χ4n) is 10.9. The Bertz CT molecular complexity index is 655. The van der Waals surface area contributed by atoms with Crippen LogP contribution in [-0.4, -0.2) is 11.2 Å². The van der Waals surface area contributed by atoms with Crippen LogP contribution in [0.5, 0.6) is 0 Å². The highest BCUT2D eigenvalue weighted by molar-refractivity contribution is 5.17. The van der Waals surface area contributed by atoms with E-state index in [9.17, 15) is 5.11 Å². The van der Waals surface area contributed by atoms with E-state index in [0.29, 0.717) is 21.7 Å². The first kappa shape index (κ1) is 20.8. The Morgan fingerprint density at radius 1 is 0.759 bits per heavy atom. The number of aliphatic hydroxyl groups excluding tert-OH is 1. The van der Waals surface area contributed by atoms with Crippen LogP contribution in [-0.2, 0) is 0 Å². The van der Waals surface area contributed by atoms with Gasteiger partial charge in [-0.2, -0.15) is 0 Å². The third-order valence-electron chi connectivity index (χ3n) is 12.8. The summed E-state index contributed by atoms with van der Waals surface area (Å²) in [5.41, 5.74) is 2.14. The molecule has 1 heteroatoms. The molecule has 0 unspecified atom stereocenters. The first-order chi connectivity index (χ1) is 13.6. The molecule has 0 aromatic rings. The first-order valence-electron chi connectivity index (χ1n) is 13.2. The Kier molecular flexibility index (Phi) is 4.66. The summed E-state index contributed by atoms with van der Waals surface area (Å²) < 4.78 is 0. The Morgan fingerprint density at radius 2 is 1.52 bits per heavy atom. The first-order valence-corrected chi connectivity index (χ1v) is 13.2. The molecule has 29 heavy (non-hydrogen) atoms. The zero-order chi connectivity index (χ0) is 20.8. The molecule has 0 spiro atoms. The number of rotatable bonds is 1. The van der Waals surface area contributed by atoms with Crippen molar-refractivity contribution in [3.05, 3.63) is 0 Å². The molecule has 0 saturated heterocycles. The summed E-state index contributed by atoms with van der Waals surface area (Å²) in [6.45, 7) is 15.9. The minimum absolute atomic E-state index is 0.0231. The van der Waals surface area contributed by atoms with Crippen molar-refractivity contribution < 1.29 is 5.11 Å². The van der Waals surface area contributed by atoms with Gasteiger partial charge in [0.1, 0.15) is 0 Å². The van der Waals surface area contributed by atoms with E-state index in [0.717, 1.165) is 48.3 Å². The Hall–Kier alpha value is -0.0400. The van der Waals surface area contributed by atoms with Gasteiger partial charge in [-0.15, -0.1) is 0 Å². The van der Waals surface area contributed by atoms with Crippen LogP contribution in [0.4, 0.5) is 0 Å². The minimum Gasteiger partial charge on any atom is -0.393 e. The molecule has 0 amide bonds. The van der Waals surface area contributed by atoms with Crippen molar-refractivity contribution >= 4 is 0 Å². The maximum Gasteiger partial charge on any atom is 0.0543 e. The average Bonchev–Trinajstić information content (AvgIpc) is 3.01. The summed E-state index contributed by atoms with van der Waals surface area (Å²) in [7, 11) is 0. The van der Waals surface area contributed by atoms with Gasteiger partial charge in [0, 0.05) is 0 Å². The summed E-state index contributed by atoms with van der Waals surface area (Å²) in [5, 5.41) is 10.4. The SMILES string of the molecule is CC(C)[C@@H]1CC[C@]2(C)CC[C@]3(C)[C@H](CC[C@@H]4[C@@]5(C)CC[C@H](O)C[C@@H]5CC[C@]43C)[C@@H]12. The van der Waals surface area contributed by atoms with E-state index in [-0.39, 0.29) is 6.10 Å². The monoisotopic (exact) mass is 400 g/mol. The summed E-state index contributed by atoms with van der Waals surface area (Å²) in [4.78, 5) is 0. The van der Waals surface area contributed by atoms with Crippen molar-refractivity contribution in [2.45, 2.75) is 118 Å². The lowest BCUT2D eigenvalue weighted by Gasteiger charge is -2.71. The molecule has 0 aromatic heterocycles. The van der Waals surface area contributed by atoms with E-state index in [4.69, 9.17) is 0 Å². The molecule has 0 heterocycles. The van der Waals surface area contributed by atoms with Gasteiger partial charge >= 0.3 is 0 Å². The van der Waals surface area contributed by atoms with Crippen molar-refractivity contribution in [3.63, 3.8) is 0 Å². The smallest absolute Gasteiger partial charge is 0.0543 e. The van der Waals surface area contributed by atoms with Crippen LogP contribution < -0.4 is 0 Å². The van der Waals surface area contributed by atoms with Crippen LogP contribution >= 0.6 is 0 Å². The molecular formula is C28H48O. The van der Waals surface area contributed by atoms with E-state index in [1.165, 1.54) is 57.8 Å². The van der Waals surface area contributed by atoms with E-state index in [1.54, 1.807) is 0 Å². The Balaban J connectivity index is 1.52. The van der Waals surface area contributed by atoms with Gasteiger partial charge in [-0.05, 0) is 128 Å². The normalized spacial score (nSPS) is 59.6. The molecule has 5 saturated carbocycles. The van der Waals surface area contributed by atoms with Crippen LogP contribution in [0.3, 0.4) is 0 Å². The van der Waals surface area contributed by atoms with Crippen molar-refractivity contribution in [3.8, 4) is 0 Å². The predicted molar refractivity (Wildman–Crippen MR) is 122 cm³/mol. The fraction of sp³-hybridized carbons (Fsp3) is 1.00. The number of hydrogen-bond donors (Lipinski definition) is 1. The maximum atomic E-state index is 10.4. The topological polar surface area (TPSA) is 20.2 Å². The van der Waals surface area contributed by atoms with Gasteiger partial charge in [-0.25, -0.2) is 0 Å². The molecule has 166 valence electrons. The Labute approximate surface area is 180 Å². The molecule has 0 bridgehead atoms. The lowest BCUT2D eigenvalue weighted by atomic mass is 9.33. The van der Waals surface area contributed by atoms with Crippen LogP contribution in [0.2, 0.25) is 0 Å². The number of aliphatic hydroxyl groups is 1. The largest absolute Gasteiger partial charge is 0.393 e. The second-order valence-corrected chi connectivity index (χ2v) is 13.9. The summed E-state index contributed by atoms with van der Waals surface area (Å²) in [6.07, 6.45) is 15.1. The van der Waals surface area contributed by atoms with Crippen LogP contribution in [0.25, 0.3) is 0 Å². The Morgan fingerprint density at radius 3 is 2.24 bits per heavy atom. The third-order valence-corrected chi connectivity index (χ3v) is 12.8.